The van der Waals surface area contributed by atoms with E-state index < -0.39 is 10.8 Å². The van der Waals surface area contributed by atoms with Crippen LogP contribution in [-0.2, 0) is 22.2 Å². The lowest BCUT2D eigenvalue weighted by atomic mass is 10.2. The molecule has 0 fully saturated rings. The largest absolute Gasteiger partial charge is 0.397 e. The number of halogens is 1. The molecule has 126 valence electrons. The van der Waals surface area contributed by atoms with Gasteiger partial charge in [-0.25, -0.2) is 4.98 Å². The van der Waals surface area contributed by atoms with Crippen LogP contribution in [0.5, 0.6) is 0 Å². The van der Waals surface area contributed by atoms with E-state index in [4.69, 9.17) is 16.4 Å². The van der Waals surface area contributed by atoms with Crippen LogP contribution in [0.3, 0.4) is 0 Å². The van der Waals surface area contributed by atoms with Gasteiger partial charge in [0.1, 0.15) is 12.3 Å². The highest BCUT2D eigenvalue weighted by atomic mass is 35.5. The number of fused-ring (bicyclic) bond motifs is 1. The zero-order valence-electron chi connectivity index (χ0n) is 13.3. The van der Waals surface area contributed by atoms with Gasteiger partial charge in [-0.05, 0) is 18.6 Å². The first-order chi connectivity index (χ1) is 11.5. The Kier molecular flexibility index (Phi) is 4.63. The van der Waals surface area contributed by atoms with Crippen LogP contribution in [0.2, 0.25) is 5.15 Å². The molecule has 3 heterocycles. The van der Waals surface area contributed by atoms with Crippen LogP contribution in [0, 0.1) is 6.92 Å². The summed E-state index contributed by atoms with van der Waals surface area (Å²) in [5.41, 5.74) is 2.32. The van der Waals surface area contributed by atoms with Crippen LogP contribution in [0.4, 0.5) is 0 Å². The minimum atomic E-state index is -1.31. The predicted molar refractivity (Wildman–Crippen MR) is 89.0 cm³/mol. The molecule has 0 spiro atoms. The molecule has 0 radical (unpaired) electrons. The SMILES string of the molecule is CO/N=c1\cc(C)n(Cc2ccc(Cl)nc2)c2nc(S(C)=O)nn12. The zero-order valence-corrected chi connectivity index (χ0v) is 14.9. The monoisotopic (exact) mass is 366 g/mol. The molecule has 0 N–H and O–H groups in total. The Balaban J connectivity index is 2.21. The van der Waals surface area contributed by atoms with Crippen LogP contribution >= 0.6 is 11.6 Å². The molecule has 0 amide bonds. The van der Waals surface area contributed by atoms with Crippen molar-refractivity contribution in [1.29, 1.82) is 0 Å². The normalized spacial score (nSPS) is 13.4. The highest BCUT2D eigenvalue weighted by Gasteiger charge is 2.14. The van der Waals surface area contributed by atoms with Gasteiger partial charge in [-0.15, -0.1) is 5.10 Å². The van der Waals surface area contributed by atoms with Gasteiger partial charge in [0, 0.05) is 24.2 Å². The van der Waals surface area contributed by atoms with Crippen molar-refractivity contribution in [3.05, 3.63) is 46.3 Å². The van der Waals surface area contributed by atoms with E-state index in [1.54, 1.807) is 12.3 Å². The van der Waals surface area contributed by atoms with Gasteiger partial charge in [-0.2, -0.15) is 9.50 Å². The lowest BCUT2D eigenvalue weighted by Crippen LogP contribution is -2.22. The fourth-order valence-corrected chi connectivity index (χ4v) is 2.77. The Labute approximate surface area is 145 Å². The number of nitrogens with zero attached hydrogens (tertiary/aromatic N) is 6. The number of aryl methyl sites for hydroxylation is 1. The molecule has 10 heteroatoms. The van der Waals surface area contributed by atoms with Gasteiger partial charge in [0.25, 0.3) is 0 Å². The topological polar surface area (TPSA) is 86.7 Å². The summed E-state index contributed by atoms with van der Waals surface area (Å²) < 4.78 is 15.2. The third kappa shape index (κ3) is 3.17. The number of hydrogen-bond donors (Lipinski definition) is 0. The summed E-state index contributed by atoms with van der Waals surface area (Å²) in [5, 5.41) is 8.88. The molecular formula is C14H15ClN6O2S. The van der Waals surface area contributed by atoms with Crippen molar-refractivity contribution in [1.82, 2.24) is 24.1 Å². The van der Waals surface area contributed by atoms with Crippen LogP contribution in [0.15, 0.2) is 34.7 Å². The van der Waals surface area contributed by atoms with Gasteiger partial charge in [0.05, 0.1) is 17.3 Å². The van der Waals surface area contributed by atoms with Gasteiger partial charge in [-0.1, -0.05) is 22.8 Å². The van der Waals surface area contributed by atoms with Crippen molar-refractivity contribution >= 4 is 28.2 Å². The van der Waals surface area contributed by atoms with Crippen LogP contribution in [0.1, 0.15) is 11.3 Å². The van der Waals surface area contributed by atoms with E-state index in [1.165, 1.54) is 17.9 Å². The van der Waals surface area contributed by atoms with E-state index in [1.807, 2.05) is 23.6 Å². The Bertz CT molecular complexity index is 979. The second kappa shape index (κ2) is 6.70. The quantitative estimate of drug-likeness (QED) is 0.510. The lowest BCUT2D eigenvalue weighted by Gasteiger charge is -2.12. The van der Waals surface area contributed by atoms with Gasteiger partial charge in [0.15, 0.2) is 5.49 Å². The van der Waals surface area contributed by atoms with E-state index in [2.05, 4.69) is 20.2 Å². The molecule has 0 aliphatic heterocycles. The molecular weight excluding hydrogens is 352 g/mol. The average molecular weight is 367 g/mol. The third-order valence-corrected chi connectivity index (χ3v) is 4.27. The van der Waals surface area contributed by atoms with Crippen molar-refractivity contribution in [3.8, 4) is 0 Å². The maximum absolute atomic E-state index is 11.8. The highest BCUT2D eigenvalue weighted by molar-refractivity contribution is 7.84. The van der Waals surface area contributed by atoms with Crippen LogP contribution in [-0.4, -0.2) is 41.7 Å². The summed E-state index contributed by atoms with van der Waals surface area (Å²) >= 11 is 5.83. The molecule has 0 aliphatic rings. The number of pyridine rings is 1. The van der Waals surface area contributed by atoms with Crippen molar-refractivity contribution in [2.24, 2.45) is 5.16 Å². The Morgan fingerprint density at radius 1 is 1.42 bits per heavy atom. The van der Waals surface area contributed by atoms with E-state index in [0.29, 0.717) is 23.0 Å². The number of hydrogen-bond acceptors (Lipinski definition) is 6. The molecule has 0 aromatic carbocycles. The summed E-state index contributed by atoms with van der Waals surface area (Å²) in [4.78, 5) is 13.3. The molecule has 0 bridgehead atoms. The van der Waals surface area contributed by atoms with Crippen molar-refractivity contribution in [3.63, 3.8) is 0 Å². The smallest absolute Gasteiger partial charge is 0.240 e. The lowest BCUT2D eigenvalue weighted by molar-refractivity contribution is 0.196. The summed E-state index contributed by atoms with van der Waals surface area (Å²) in [5.74, 6) is 0.519. The van der Waals surface area contributed by atoms with Gasteiger partial charge in [-0.3, -0.25) is 4.21 Å². The summed E-state index contributed by atoms with van der Waals surface area (Å²) in [6, 6.07) is 5.44. The van der Waals surface area contributed by atoms with Gasteiger partial charge < -0.3 is 9.40 Å². The molecule has 1 atom stereocenters. The minimum absolute atomic E-state index is 0.233. The summed E-state index contributed by atoms with van der Waals surface area (Å²) in [7, 11) is 0.149. The van der Waals surface area contributed by atoms with Crippen molar-refractivity contribution in [2.45, 2.75) is 18.6 Å². The average Bonchev–Trinajstić information content (AvgIpc) is 2.99. The molecule has 0 saturated heterocycles. The van der Waals surface area contributed by atoms with Gasteiger partial charge in [0.2, 0.25) is 10.9 Å². The standard InChI is InChI=1S/C14H15ClN6O2S/c1-9-6-12(19-23-2)21-14(17-13(18-21)24(3)22)20(9)8-10-4-5-11(15)16-7-10/h4-7H,8H2,1-3H3/b19-12+. The summed E-state index contributed by atoms with van der Waals surface area (Å²) in [6.45, 7) is 2.44. The Hall–Kier alpha value is -2.26. The van der Waals surface area contributed by atoms with E-state index in [0.717, 1.165) is 11.3 Å². The highest BCUT2D eigenvalue weighted by Crippen LogP contribution is 2.11. The molecule has 3 aromatic rings. The second-order valence-corrected chi connectivity index (χ2v) is 6.71. The Morgan fingerprint density at radius 2 is 2.21 bits per heavy atom. The molecule has 24 heavy (non-hydrogen) atoms. The molecule has 1 unspecified atom stereocenters. The third-order valence-electron chi connectivity index (χ3n) is 3.36. The zero-order chi connectivity index (χ0) is 17.3. The summed E-state index contributed by atoms with van der Waals surface area (Å²) in [6.07, 6.45) is 3.23. The first-order valence-electron chi connectivity index (χ1n) is 6.98. The minimum Gasteiger partial charge on any atom is -0.397 e. The maximum Gasteiger partial charge on any atom is 0.240 e. The van der Waals surface area contributed by atoms with Crippen molar-refractivity contribution < 1.29 is 9.05 Å². The molecule has 3 aromatic heterocycles. The van der Waals surface area contributed by atoms with E-state index in [-0.39, 0.29) is 5.16 Å². The Morgan fingerprint density at radius 3 is 2.83 bits per heavy atom. The number of aromatic nitrogens is 5. The van der Waals surface area contributed by atoms with Gasteiger partial charge >= 0.3 is 0 Å². The second-order valence-electron chi connectivity index (χ2n) is 5.05. The molecule has 0 saturated carbocycles. The van der Waals surface area contributed by atoms with Crippen molar-refractivity contribution in [2.75, 3.05) is 13.4 Å². The molecule has 3 rings (SSSR count). The first-order valence-corrected chi connectivity index (χ1v) is 8.91. The fraction of sp³-hybridized carbons (Fsp3) is 0.286. The molecule has 8 nitrogen and oxygen atoms in total. The number of rotatable bonds is 4. The van der Waals surface area contributed by atoms with E-state index >= 15 is 0 Å². The van der Waals surface area contributed by atoms with E-state index in [9.17, 15) is 4.21 Å². The predicted octanol–water partition coefficient (Wildman–Crippen LogP) is 1.14. The van der Waals surface area contributed by atoms with Crippen LogP contribution in [0.25, 0.3) is 5.78 Å². The first kappa shape index (κ1) is 16.6. The fourth-order valence-electron chi connectivity index (χ4n) is 2.26. The maximum atomic E-state index is 11.8. The van der Waals surface area contributed by atoms with Crippen LogP contribution < -0.4 is 5.49 Å². The molecule has 0 aliphatic carbocycles.